The van der Waals surface area contributed by atoms with E-state index in [4.69, 9.17) is 11.5 Å². The number of para-hydroxylation sites is 1. The lowest BCUT2D eigenvalue weighted by Gasteiger charge is -2.13. The molecule has 1 aromatic heterocycles. The third-order valence-electron chi connectivity index (χ3n) is 2.87. The second-order valence-corrected chi connectivity index (χ2v) is 5.99. The number of nitrogen functional groups attached to an aromatic ring is 2. The number of carbonyl (C=O) groups excluding carboxylic acids is 2. The van der Waals surface area contributed by atoms with E-state index in [0.717, 1.165) is 11.8 Å². The standard InChI is InChI=1S/C14H16N6O2S/c1-7(21)9-5-3-4-6-10(9)17-11(22)8(2)23-14-19-12(15)18-13(16)20-14/h3-6,8H,1-2H3,(H,17,22)(H4,15,16,18,19,20)/t8-/m1/s1. The first-order valence-electron chi connectivity index (χ1n) is 6.71. The minimum Gasteiger partial charge on any atom is -0.368 e. The monoisotopic (exact) mass is 332 g/mol. The van der Waals surface area contributed by atoms with Crippen LogP contribution in [0, 0.1) is 0 Å². The molecule has 0 spiro atoms. The number of nitrogens with two attached hydrogens (primary N) is 2. The van der Waals surface area contributed by atoms with Crippen molar-refractivity contribution < 1.29 is 9.59 Å². The fourth-order valence-electron chi connectivity index (χ4n) is 1.79. The summed E-state index contributed by atoms with van der Waals surface area (Å²) in [5.74, 6) is -0.426. The molecule has 1 amide bonds. The number of nitrogens with one attached hydrogen (secondary N) is 1. The number of anilines is 3. The predicted octanol–water partition coefficient (Wildman–Crippen LogP) is 1.36. The Bertz CT molecular complexity index is 732. The van der Waals surface area contributed by atoms with Crippen LogP contribution in [0.5, 0.6) is 0 Å². The van der Waals surface area contributed by atoms with Gasteiger partial charge in [0, 0.05) is 5.56 Å². The van der Waals surface area contributed by atoms with Crippen LogP contribution in [-0.2, 0) is 4.79 Å². The number of hydrogen-bond acceptors (Lipinski definition) is 8. The van der Waals surface area contributed by atoms with E-state index in [1.54, 1.807) is 31.2 Å². The topological polar surface area (TPSA) is 137 Å². The summed E-state index contributed by atoms with van der Waals surface area (Å²) in [6.45, 7) is 3.13. The van der Waals surface area contributed by atoms with Gasteiger partial charge in [-0.15, -0.1) is 0 Å². The van der Waals surface area contributed by atoms with Crippen LogP contribution in [0.4, 0.5) is 17.6 Å². The fourth-order valence-corrected chi connectivity index (χ4v) is 2.56. The number of benzene rings is 1. The summed E-state index contributed by atoms with van der Waals surface area (Å²) in [6.07, 6.45) is 0. The number of ketones is 1. The Balaban J connectivity index is 2.10. The molecular weight excluding hydrogens is 316 g/mol. The van der Waals surface area contributed by atoms with E-state index in [1.807, 2.05) is 0 Å². The SMILES string of the molecule is CC(=O)c1ccccc1NC(=O)[C@@H](C)Sc1nc(N)nc(N)n1. The number of thioether (sulfide) groups is 1. The second kappa shape index (κ2) is 7.05. The van der Waals surface area contributed by atoms with E-state index in [-0.39, 0.29) is 28.7 Å². The van der Waals surface area contributed by atoms with Gasteiger partial charge in [-0.3, -0.25) is 9.59 Å². The first-order chi connectivity index (χ1) is 10.9. The Hall–Kier alpha value is -2.68. The molecule has 23 heavy (non-hydrogen) atoms. The van der Waals surface area contributed by atoms with E-state index >= 15 is 0 Å². The van der Waals surface area contributed by atoms with Crippen LogP contribution in [0.2, 0.25) is 0 Å². The Morgan fingerprint density at radius 2 is 1.74 bits per heavy atom. The zero-order valence-electron chi connectivity index (χ0n) is 12.6. The molecule has 0 aliphatic rings. The van der Waals surface area contributed by atoms with E-state index in [0.29, 0.717) is 11.3 Å². The van der Waals surface area contributed by atoms with Crippen LogP contribution < -0.4 is 16.8 Å². The van der Waals surface area contributed by atoms with E-state index in [2.05, 4.69) is 20.3 Å². The van der Waals surface area contributed by atoms with Crippen molar-refractivity contribution in [1.82, 2.24) is 15.0 Å². The van der Waals surface area contributed by atoms with E-state index in [9.17, 15) is 9.59 Å². The summed E-state index contributed by atoms with van der Waals surface area (Å²) in [5.41, 5.74) is 11.9. The van der Waals surface area contributed by atoms with Crippen molar-refractivity contribution in [2.75, 3.05) is 16.8 Å². The number of rotatable bonds is 5. The molecule has 2 aromatic rings. The van der Waals surface area contributed by atoms with Crippen molar-refractivity contribution in [3.8, 4) is 0 Å². The summed E-state index contributed by atoms with van der Waals surface area (Å²) in [5, 5.41) is 2.47. The number of Topliss-reactive ketones (excluding diaryl/α,β-unsaturated/α-hetero) is 1. The third kappa shape index (κ3) is 4.39. The Morgan fingerprint density at radius 1 is 1.13 bits per heavy atom. The molecule has 0 saturated carbocycles. The van der Waals surface area contributed by atoms with Gasteiger partial charge in [0.05, 0.1) is 10.9 Å². The van der Waals surface area contributed by atoms with Crippen LogP contribution in [0.3, 0.4) is 0 Å². The molecule has 0 fully saturated rings. The van der Waals surface area contributed by atoms with Crippen LogP contribution in [0.25, 0.3) is 0 Å². The van der Waals surface area contributed by atoms with Gasteiger partial charge in [-0.1, -0.05) is 23.9 Å². The van der Waals surface area contributed by atoms with Gasteiger partial charge in [-0.05, 0) is 26.0 Å². The lowest BCUT2D eigenvalue weighted by Crippen LogP contribution is -2.24. The van der Waals surface area contributed by atoms with Gasteiger partial charge in [0.15, 0.2) is 10.9 Å². The molecule has 120 valence electrons. The van der Waals surface area contributed by atoms with Gasteiger partial charge in [0.25, 0.3) is 0 Å². The zero-order valence-corrected chi connectivity index (χ0v) is 13.4. The van der Waals surface area contributed by atoms with Crippen molar-refractivity contribution in [2.24, 2.45) is 0 Å². The molecule has 0 saturated heterocycles. The normalized spacial score (nSPS) is 11.7. The number of nitrogens with zero attached hydrogens (tertiary/aromatic N) is 3. The Labute approximate surface area is 137 Å². The highest BCUT2D eigenvalue weighted by molar-refractivity contribution is 8.00. The van der Waals surface area contributed by atoms with Crippen molar-refractivity contribution in [3.05, 3.63) is 29.8 Å². The molecule has 0 radical (unpaired) electrons. The number of aromatic nitrogens is 3. The molecule has 9 heteroatoms. The lowest BCUT2D eigenvalue weighted by atomic mass is 10.1. The molecule has 1 aromatic carbocycles. The largest absolute Gasteiger partial charge is 0.368 e. The van der Waals surface area contributed by atoms with Crippen LogP contribution >= 0.6 is 11.8 Å². The highest BCUT2D eigenvalue weighted by Crippen LogP contribution is 2.23. The summed E-state index contributed by atoms with van der Waals surface area (Å²) >= 11 is 1.09. The van der Waals surface area contributed by atoms with Gasteiger partial charge < -0.3 is 16.8 Å². The average molecular weight is 332 g/mol. The Kier molecular flexibility index (Phi) is 5.12. The maximum absolute atomic E-state index is 12.3. The van der Waals surface area contributed by atoms with Crippen LogP contribution in [0.15, 0.2) is 29.4 Å². The average Bonchev–Trinajstić information content (AvgIpc) is 2.46. The van der Waals surface area contributed by atoms with Gasteiger partial charge in [0.1, 0.15) is 0 Å². The molecule has 1 heterocycles. The van der Waals surface area contributed by atoms with Gasteiger partial charge >= 0.3 is 0 Å². The molecule has 8 nitrogen and oxygen atoms in total. The zero-order chi connectivity index (χ0) is 17.0. The van der Waals surface area contributed by atoms with Gasteiger partial charge in [0.2, 0.25) is 17.8 Å². The first-order valence-corrected chi connectivity index (χ1v) is 7.59. The molecule has 0 bridgehead atoms. The third-order valence-corrected chi connectivity index (χ3v) is 3.83. The predicted molar refractivity (Wildman–Crippen MR) is 89.0 cm³/mol. The number of amides is 1. The second-order valence-electron chi connectivity index (χ2n) is 4.69. The molecule has 0 aliphatic heterocycles. The van der Waals surface area contributed by atoms with Crippen molar-refractivity contribution in [2.45, 2.75) is 24.3 Å². The van der Waals surface area contributed by atoms with Gasteiger partial charge in [-0.25, -0.2) is 0 Å². The van der Waals surface area contributed by atoms with Crippen LogP contribution in [0.1, 0.15) is 24.2 Å². The minimum atomic E-state index is -0.517. The highest BCUT2D eigenvalue weighted by Gasteiger charge is 2.18. The molecule has 2 rings (SSSR count). The maximum Gasteiger partial charge on any atom is 0.237 e. The van der Waals surface area contributed by atoms with Crippen molar-refractivity contribution in [1.29, 1.82) is 0 Å². The maximum atomic E-state index is 12.3. The molecule has 5 N–H and O–H groups in total. The first kappa shape index (κ1) is 16.7. The number of carbonyl (C=O) groups is 2. The highest BCUT2D eigenvalue weighted by atomic mass is 32.2. The molecular formula is C14H16N6O2S. The molecule has 0 aliphatic carbocycles. The smallest absolute Gasteiger partial charge is 0.237 e. The van der Waals surface area contributed by atoms with Crippen molar-refractivity contribution in [3.63, 3.8) is 0 Å². The number of hydrogen-bond donors (Lipinski definition) is 3. The van der Waals surface area contributed by atoms with Crippen molar-refractivity contribution >= 4 is 41.0 Å². The molecule has 0 unspecified atom stereocenters. The van der Waals surface area contributed by atoms with Gasteiger partial charge in [-0.2, -0.15) is 15.0 Å². The quantitative estimate of drug-likeness (QED) is 0.551. The summed E-state index contributed by atoms with van der Waals surface area (Å²) in [6, 6.07) is 6.81. The molecule has 1 atom stereocenters. The van der Waals surface area contributed by atoms with E-state index < -0.39 is 5.25 Å². The van der Waals surface area contributed by atoms with Crippen LogP contribution in [-0.4, -0.2) is 31.9 Å². The fraction of sp³-hybridized carbons (Fsp3) is 0.214. The summed E-state index contributed by atoms with van der Waals surface area (Å²) < 4.78 is 0. The summed E-state index contributed by atoms with van der Waals surface area (Å²) in [7, 11) is 0. The summed E-state index contributed by atoms with van der Waals surface area (Å²) in [4.78, 5) is 35.4. The lowest BCUT2D eigenvalue weighted by molar-refractivity contribution is -0.115. The van der Waals surface area contributed by atoms with E-state index in [1.165, 1.54) is 6.92 Å². The Morgan fingerprint density at radius 3 is 2.35 bits per heavy atom. The minimum absolute atomic E-state index is 0.00506.